The lowest BCUT2D eigenvalue weighted by Crippen LogP contribution is -2.47. The van der Waals surface area contributed by atoms with Gasteiger partial charge in [0.05, 0.1) is 0 Å². The molecular weight excluding hydrogens is 290 g/mol. The summed E-state index contributed by atoms with van der Waals surface area (Å²) in [6, 6.07) is 7.91. The quantitative estimate of drug-likeness (QED) is 0.820. The third-order valence-corrected chi connectivity index (χ3v) is 5.75. The van der Waals surface area contributed by atoms with Crippen LogP contribution in [0.2, 0.25) is 0 Å². The molecule has 4 rings (SSSR count). The summed E-state index contributed by atoms with van der Waals surface area (Å²) < 4.78 is 0. The molecule has 4 heteroatoms. The predicted molar refractivity (Wildman–Crippen MR) is 95.4 cm³/mol. The van der Waals surface area contributed by atoms with Crippen molar-refractivity contribution in [1.29, 1.82) is 0 Å². The molecule has 0 bridgehead atoms. The fourth-order valence-corrected chi connectivity index (χ4v) is 4.67. The first-order valence-electron chi connectivity index (χ1n) is 8.73. The van der Waals surface area contributed by atoms with E-state index in [-0.39, 0.29) is 0 Å². The van der Waals surface area contributed by atoms with Crippen molar-refractivity contribution >= 4 is 23.0 Å². The summed E-state index contributed by atoms with van der Waals surface area (Å²) >= 11 is 5.55. The van der Waals surface area contributed by atoms with Gasteiger partial charge in [-0.2, -0.15) is 0 Å². The SMILES string of the molecule is S=C(Nc1ccc2c(c1)CCC2)NC1CCN2CCCCC12. The minimum absolute atomic E-state index is 0.523. The maximum absolute atomic E-state index is 5.55. The Morgan fingerprint density at radius 3 is 2.91 bits per heavy atom. The van der Waals surface area contributed by atoms with Crippen molar-refractivity contribution < 1.29 is 0 Å². The average molecular weight is 315 g/mol. The number of nitrogens with zero attached hydrogens (tertiary/aromatic N) is 1. The smallest absolute Gasteiger partial charge is 0.171 e. The van der Waals surface area contributed by atoms with E-state index in [1.807, 2.05) is 0 Å². The van der Waals surface area contributed by atoms with Crippen molar-refractivity contribution in [3.63, 3.8) is 0 Å². The zero-order valence-corrected chi connectivity index (χ0v) is 13.9. The molecule has 22 heavy (non-hydrogen) atoms. The van der Waals surface area contributed by atoms with Crippen LogP contribution in [0, 0.1) is 0 Å². The molecule has 0 radical (unpaired) electrons. The van der Waals surface area contributed by atoms with Crippen LogP contribution in [0.5, 0.6) is 0 Å². The molecule has 0 spiro atoms. The summed E-state index contributed by atoms with van der Waals surface area (Å²) in [5, 5.41) is 7.76. The molecule has 2 N–H and O–H groups in total. The Hall–Kier alpha value is -1.13. The van der Waals surface area contributed by atoms with Crippen LogP contribution in [0.25, 0.3) is 0 Å². The predicted octanol–water partition coefficient (Wildman–Crippen LogP) is 3.09. The van der Waals surface area contributed by atoms with E-state index in [1.165, 1.54) is 69.2 Å². The van der Waals surface area contributed by atoms with E-state index in [4.69, 9.17) is 12.2 Å². The standard InChI is InChI=1S/C18H25N3S/c22-18(19-15-8-7-13-4-3-5-14(13)12-15)20-16-9-11-21-10-2-1-6-17(16)21/h7-8,12,16-17H,1-6,9-11H2,(H2,19,20,22). The lowest BCUT2D eigenvalue weighted by molar-refractivity contribution is 0.185. The first-order chi connectivity index (χ1) is 10.8. The highest BCUT2D eigenvalue weighted by Gasteiger charge is 2.35. The highest BCUT2D eigenvalue weighted by molar-refractivity contribution is 7.80. The number of hydrogen-bond donors (Lipinski definition) is 2. The molecule has 2 fully saturated rings. The number of aryl methyl sites for hydroxylation is 2. The van der Waals surface area contributed by atoms with Gasteiger partial charge in [-0.1, -0.05) is 12.5 Å². The van der Waals surface area contributed by atoms with Gasteiger partial charge in [0.15, 0.2) is 5.11 Å². The monoisotopic (exact) mass is 315 g/mol. The number of rotatable bonds is 2. The number of benzene rings is 1. The fraction of sp³-hybridized carbons (Fsp3) is 0.611. The molecular formula is C18H25N3S. The van der Waals surface area contributed by atoms with Gasteiger partial charge in [-0.3, -0.25) is 4.90 Å². The van der Waals surface area contributed by atoms with Crippen molar-refractivity contribution in [2.24, 2.45) is 0 Å². The van der Waals surface area contributed by atoms with Crippen LogP contribution in [0.15, 0.2) is 18.2 Å². The van der Waals surface area contributed by atoms with E-state index in [9.17, 15) is 0 Å². The summed E-state index contributed by atoms with van der Waals surface area (Å²) in [6.45, 7) is 2.50. The van der Waals surface area contributed by atoms with E-state index in [2.05, 4.69) is 33.7 Å². The van der Waals surface area contributed by atoms with Crippen LogP contribution in [0.4, 0.5) is 5.69 Å². The van der Waals surface area contributed by atoms with Gasteiger partial charge >= 0.3 is 0 Å². The maximum atomic E-state index is 5.55. The first kappa shape index (κ1) is 14.5. The van der Waals surface area contributed by atoms with Gasteiger partial charge in [0.2, 0.25) is 0 Å². The minimum Gasteiger partial charge on any atom is -0.358 e. The molecule has 2 atom stereocenters. The van der Waals surface area contributed by atoms with E-state index in [0.717, 1.165) is 10.8 Å². The molecule has 1 aromatic rings. The normalized spacial score (nSPS) is 27.3. The summed E-state index contributed by atoms with van der Waals surface area (Å²) in [4.78, 5) is 2.64. The second kappa shape index (κ2) is 6.17. The Morgan fingerprint density at radius 2 is 1.95 bits per heavy atom. The molecule has 3 nitrogen and oxygen atoms in total. The highest BCUT2D eigenvalue weighted by atomic mass is 32.1. The third kappa shape index (κ3) is 2.86. The number of piperidine rings is 1. The summed E-state index contributed by atoms with van der Waals surface area (Å²) in [7, 11) is 0. The molecule has 1 aromatic carbocycles. The van der Waals surface area contributed by atoms with Gasteiger partial charge in [-0.15, -0.1) is 0 Å². The van der Waals surface area contributed by atoms with Gasteiger partial charge in [0, 0.05) is 24.3 Å². The van der Waals surface area contributed by atoms with Gasteiger partial charge in [-0.25, -0.2) is 0 Å². The highest BCUT2D eigenvalue weighted by Crippen LogP contribution is 2.28. The van der Waals surface area contributed by atoms with Gasteiger partial charge in [0.1, 0.15) is 0 Å². The minimum atomic E-state index is 0.523. The first-order valence-corrected chi connectivity index (χ1v) is 9.14. The van der Waals surface area contributed by atoms with E-state index in [0.29, 0.717) is 12.1 Å². The van der Waals surface area contributed by atoms with Crippen LogP contribution in [0.1, 0.15) is 43.2 Å². The van der Waals surface area contributed by atoms with Gasteiger partial charge < -0.3 is 10.6 Å². The van der Waals surface area contributed by atoms with Crippen LogP contribution in [-0.4, -0.2) is 35.2 Å². The maximum Gasteiger partial charge on any atom is 0.171 e. The number of anilines is 1. The van der Waals surface area contributed by atoms with Crippen LogP contribution in [-0.2, 0) is 12.8 Å². The van der Waals surface area contributed by atoms with Crippen LogP contribution in [0.3, 0.4) is 0 Å². The topological polar surface area (TPSA) is 27.3 Å². The fourth-order valence-electron chi connectivity index (χ4n) is 4.40. The lowest BCUT2D eigenvalue weighted by atomic mass is 9.99. The van der Waals surface area contributed by atoms with Crippen LogP contribution < -0.4 is 10.6 Å². The Labute approximate surface area is 138 Å². The molecule has 0 saturated carbocycles. The second-order valence-electron chi connectivity index (χ2n) is 6.93. The number of hydrogen-bond acceptors (Lipinski definition) is 2. The zero-order chi connectivity index (χ0) is 14.9. The van der Waals surface area contributed by atoms with E-state index in [1.54, 1.807) is 0 Å². The van der Waals surface area contributed by atoms with Gasteiger partial charge in [-0.05, 0) is 80.5 Å². The summed E-state index contributed by atoms with van der Waals surface area (Å²) in [6.07, 6.45) is 9.00. The van der Waals surface area contributed by atoms with Crippen molar-refractivity contribution in [2.75, 3.05) is 18.4 Å². The molecule has 0 amide bonds. The van der Waals surface area contributed by atoms with Crippen molar-refractivity contribution in [2.45, 2.75) is 57.0 Å². The number of fused-ring (bicyclic) bond motifs is 2. The van der Waals surface area contributed by atoms with Crippen molar-refractivity contribution in [1.82, 2.24) is 10.2 Å². The lowest BCUT2D eigenvalue weighted by Gasteiger charge is -2.33. The summed E-state index contributed by atoms with van der Waals surface area (Å²) in [5.74, 6) is 0. The van der Waals surface area contributed by atoms with E-state index >= 15 is 0 Å². The number of nitrogens with one attached hydrogen (secondary N) is 2. The molecule has 2 unspecified atom stereocenters. The molecule has 0 aromatic heterocycles. The average Bonchev–Trinajstić information content (AvgIpc) is 3.14. The Kier molecular flexibility index (Phi) is 4.05. The Morgan fingerprint density at radius 1 is 1.05 bits per heavy atom. The molecule has 3 aliphatic rings. The van der Waals surface area contributed by atoms with Gasteiger partial charge in [0.25, 0.3) is 0 Å². The van der Waals surface area contributed by atoms with Crippen molar-refractivity contribution in [3.8, 4) is 0 Å². The Balaban J connectivity index is 1.36. The molecule has 2 aliphatic heterocycles. The van der Waals surface area contributed by atoms with Crippen molar-refractivity contribution in [3.05, 3.63) is 29.3 Å². The molecule has 118 valence electrons. The second-order valence-corrected chi connectivity index (χ2v) is 7.34. The van der Waals surface area contributed by atoms with Crippen LogP contribution >= 0.6 is 12.2 Å². The third-order valence-electron chi connectivity index (χ3n) is 5.53. The number of thiocarbonyl (C=S) groups is 1. The van der Waals surface area contributed by atoms with E-state index < -0.39 is 0 Å². The largest absolute Gasteiger partial charge is 0.358 e. The molecule has 1 aliphatic carbocycles. The Bertz CT molecular complexity index is 571. The molecule has 2 saturated heterocycles. The zero-order valence-electron chi connectivity index (χ0n) is 13.1. The summed E-state index contributed by atoms with van der Waals surface area (Å²) in [5.41, 5.74) is 4.14. The molecule has 2 heterocycles.